The Balaban J connectivity index is 0. The molecule has 0 aromatic heterocycles. The Kier molecular flexibility index (Phi) is 14.9. The number of esters is 1. The van der Waals surface area contributed by atoms with E-state index in [2.05, 4.69) is 12.2 Å². The Labute approximate surface area is 107 Å². The summed E-state index contributed by atoms with van der Waals surface area (Å²) in [7, 11) is 1.47. The average Bonchev–Trinajstić information content (AvgIpc) is 2.43. The van der Waals surface area contributed by atoms with Crippen molar-refractivity contribution in [1.29, 1.82) is 0 Å². The summed E-state index contributed by atoms with van der Waals surface area (Å²) >= 11 is 0. The molecule has 1 rings (SSSR count). The van der Waals surface area contributed by atoms with Gasteiger partial charge in [-0.05, 0) is 32.2 Å². The van der Waals surface area contributed by atoms with Gasteiger partial charge in [-0.1, -0.05) is 34.6 Å². The first-order valence-electron chi connectivity index (χ1n) is 7.09. The molecule has 1 aliphatic carbocycles. The first kappa shape index (κ1) is 18.8. The number of rotatable bonds is 3. The Hall–Kier alpha value is -0.570. The van der Waals surface area contributed by atoms with Crippen LogP contribution in [0.2, 0.25) is 0 Å². The van der Waals surface area contributed by atoms with E-state index in [9.17, 15) is 4.79 Å². The summed E-state index contributed by atoms with van der Waals surface area (Å²) in [5.74, 6) is 0.120. The van der Waals surface area contributed by atoms with Crippen molar-refractivity contribution in [2.75, 3.05) is 13.7 Å². The number of ether oxygens (including phenoxy) is 1. The molecule has 1 saturated carbocycles. The van der Waals surface area contributed by atoms with Crippen molar-refractivity contribution in [2.24, 2.45) is 5.92 Å². The molecule has 1 aliphatic rings. The Morgan fingerprint density at radius 1 is 1.12 bits per heavy atom. The molecule has 104 valence electrons. The molecule has 0 heterocycles. The Morgan fingerprint density at radius 3 is 1.94 bits per heavy atom. The van der Waals surface area contributed by atoms with Crippen molar-refractivity contribution in [2.45, 2.75) is 66.3 Å². The first-order valence-corrected chi connectivity index (χ1v) is 7.09. The molecule has 0 bridgehead atoms. The van der Waals surface area contributed by atoms with Crippen molar-refractivity contribution in [3.05, 3.63) is 0 Å². The highest BCUT2D eigenvalue weighted by Crippen LogP contribution is 2.24. The molecule has 0 unspecified atom stereocenters. The third-order valence-corrected chi connectivity index (χ3v) is 2.75. The van der Waals surface area contributed by atoms with E-state index in [1.165, 1.54) is 7.11 Å². The van der Waals surface area contributed by atoms with Crippen molar-refractivity contribution >= 4 is 5.97 Å². The second-order valence-electron chi connectivity index (χ2n) is 3.63. The zero-order valence-electron chi connectivity index (χ0n) is 12.5. The van der Waals surface area contributed by atoms with Crippen LogP contribution in [-0.2, 0) is 9.53 Å². The predicted octanol–water partition coefficient (Wildman–Crippen LogP) is 3.38. The minimum absolute atomic E-state index is 0.0325. The Bertz CT molecular complexity index is 164. The highest BCUT2D eigenvalue weighted by atomic mass is 16.5. The highest BCUT2D eigenvalue weighted by Gasteiger charge is 2.25. The van der Waals surface area contributed by atoms with Crippen LogP contribution >= 0.6 is 0 Å². The summed E-state index contributed by atoms with van der Waals surface area (Å²) in [5.41, 5.74) is 0. The quantitative estimate of drug-likeness (QED) is 0.775. The molecule has 0 aromatic rings. The zero-order chi connectivity index (χ0) is 13.7. The van der Waals surface area contributed by atoms with Crippen LogP contribution in [-0.4, -0.2) is 25.7 Å². The summed E-state index contributed by atoms with van der Waals surface area (Å²) in [6, 6.07) is 0.617. The van der Waals surface area contributed by atoms with E-state index in [4.69, 9.17) is 4.74 Å². The molecule has 17 heavy (non-hydrogen) atoms. The molecule has 3 heteroatoms. The fourth-order valence-electron chi connectivity index (χ4n) is 1.99. The largest absolute Gasteiger partial charge is 0.469 e. The van der Waals surface area contributed by atoms with Gasteiger partial charge in [0, 0.05) is 6.04 Å². The standard InChI is InChI=1S/C10H19NO2.2C2H6/c1-3-11-9-6-4-8(5-7-9)10(12)13-2;2*1-2/h8-9,11H,3-7H2,1-2H3;2*1-2H3. The molecule has 3 nitrogen and oxygen atoms in total. The van der Waals surface area contributed by atoms with Crippen LogP contribution in [0, 0.1) is 5.92 Å². The van der Waals surface area contributed by atoms with Gasteiger partial charge >= 0.3 is 5.97 Å². The maximum absolute atomic E-state index is 11.2. The second kappa shape index (κ2) is 13.5. The molecule has 0 aromatic carbocycles. The van der Waals surface area contributed by atoms with Gasteiger partial charge in [0.1, 0.15) is 0 Å². The van der Waals surface area contributed by atoms with Crippen molar-refractivity contribution in [3.8, 4) is 0 Å². The minimum Gasteiger partial charge on any atom is -0.469 e. The number of nitrogens with one attached hydrogen (secondary N) is 1. The predicted molar refractivity (Wildman–Crippen MR) is 74.1 cm³/mol. The molecule has 0 radical (unpaired) electrons. The molecule has 0 spiro atoms. The van der Waals surface area contributed by atoms with Gasteiger partial charge in [0.2, 0.25) is 0 Å². The molecule has 0 aliphatic heterocycles. The lowest BCUT2D eigenvalue weighted by molar-refractivity contribution is -0.146. The molecule has 0 saturated heterocycles. The topological polar surface area (TPSA) is 38.3 Å². The van der Waals surface area contributed by atoms with E-state index in [1.807, 2.05) is 27.7 Å². The fraction of sp³-hybridized carbons (Fsp3) is 0.929. The van der Waals surface area contributed by atoms with Crippen molar-refractivity contribution in [1.82, 2.24) is 5.32 Å². The van der Waals surface area contributed by atoms with Crippen LogP contribution in [0.4, 0.5) is 0 Å². The van der Waals surface area contributed by atoms with E-state index in [0.717, 1.165) is 32.2 Å². The lowest BCUT2D eigenvalue weighted by Crippen LogP contribution is -2.34. The molecular weight excluding hydrogens is 214 g/mol. The van der Waals surface area contributed by atoms with E-state index < -0.39 is 0 Å². The number of carbonyl (C=O) groups is 1. The molecule has 1 N–H and O–H groups in total. The lowest BCUT2D eigenvalue weighted by Gasteiger charge is -2.27. The maximum Gasteiger partial charge on any atom is 0.308 e. The SMILES string of the molecule is CC.CC.CCNC1CCC(C(=O)OC)CC1. The summed E-state index contributed by atoms with van der Waals surface area (Å²) < 4.78 is 4.73. The first-order chi connectivity index (χ1) is 8.27. The van der Waals surface area contributed by atoms with Gasteiger partial charge in [0.25, 0.3) is 0 Å². The van der Waals surface area contributed by atoms with Gasteiger partial charge in [-0.3, -0.25) is 4.79 Å². The van der Waals surface area contributed by atoms with Gasteiger partial charge in [-0.15, -0.1) is 0 Å². The fourth-order valence-corrected chi connectivity index (χ4v) is 1.99. The van der Waals surface area contributed by atoms with Crippen LogP contribution in [0.1, 0.15) is 60.3 Å². The lowest BCUT2D eigenvalue weighted by atomic mass is 9.86. The third-order valence-electron chi connectivity index (χ3n) is 2.75. The van der Waals surface area contributed by atoms with E-state index in [1.54, 1.807) is 0 Å². The third kappa shape index (κ3) is 8.19. The molecule has 0 atom stereocenters. The van der Waals surface area contributed by atoms with Crippen molar-refractivity contribution in [3.63, 3.8) is 0 Å². The number of methoxy groups -OCH3 is 1. The van der Waals surface area contributed by atoms with Crippen molar-refractivity contribution < 1.29 is 9.53 Å². The Morgan fingerprint density at radius 2 is 1.59 bits per heavy atom. The maximum atomic E-state index is 11.2. The minimum atomic E-state index is -0.0325. The number of hydrogen-bond donors (Lipinski definition) is 1. The second-order valence-corrected chi connectivity index (χ2v) is 3.63. The highest BCUT2D eigenvalue weighted by molar-refractivity contribution is 5.72. The summed E-state index contributed by atoms with van der Waals surface area (Å²) in [4.78, 5) is 11.2. The molecule has 0 amide bonds. The summed E-state index contributed by atoms with van der Waals surface area (Å²) in [6.45, 7) is 11.1. The van der Waals surface area contributed by atoms with Gasteiger partial charge in [-0.25, -0.2) is 0 Å². The number of carbonyl (C=O) groups excluding carboxylic acids is 1. The van der Waals surface area contributed by atoms with E-state index >= 15 is 0 Å². The van der Waals surface area contributed by atoms with Gasteiger partial charge in [0.05, 0.1) is 13.0 Å². The smallest absolute Gasteiger partial charge is 0.308 e. The van der Waals surface area contributed by atoms with Gasteiger partial charge in [-0.2, -0.15) is 0 Å². The molecule has 1 fully saturated rings. The van der Waals surface area contributed by atoms with Crippen LogP contribution in [0.3, 0.4) is 0 Å². The zero-order valence-corrected chi connectivity index (χ0v) is 12.5. The van der Waals surface area contributed by atoms with Gasteiger partial charge < -0.3 is 10.1 Å². The van der Waals surface area contributed by atoms with Crippen LogP contribution in [0.25, 0.3) is 0 Å². The number of hydrogen-bond acceptors (Lipinski definition) is 3. The van der Waals surface area contributed by atoms with E-state index in [-0.39, 0.29) is 11.9 Å². The van der Waals surface area contributed by atoms with Gasteiger partial charge in [0.15, 0.2) is 0 Å². The summed E-state index contributed by atoms with van der Waals surface area (Å²) in [6.07, 6.45) is 4.16. The normalized spacial score (nSPS) is 22.5. The van der Waals surface area contributed by atoms with Crippen LogP contribution < -0.4 is 5.32 Å². The monoisotopic (exact) mass is 245 g/mol. The van der Waals surface area contributed by atoms with Crippen LogP contribution in [0.5, 0.6) is 0 Å². The average molecular weight is 245 g/mol. The summed E-state index contributed by atoms with van der Waals surface area (Å²) in [5, 5.41) is 3.41. The van der Waals surface area contributed by atoms with E-state index in [0.29, 0.717) is 6.04 Å². The van der Waals surface area contributed by atoms with Crippen LogP contribution in [0.15, 0.2) is 0 Å². The molecular formula is C14H31NO2.